The predicted octanol–water partition coefficient (Wildman–Crippen LogP) is 1.15. The van der Waals surface area contributed by atoms with Gasteiger partial charge in [0.15, 0.2) is 6.23 Å². The zero-order chi connectivity index (χ0) is 22.6. The molecular weight excluding hydrogens is 462 g/mol. The van der Waals surface area contributed by atoms with Crippen molar-refractivity contribution in [2.45, 2.75) is 37.8 Å². The van der Waals surface area contributed by atoms with Crippen LogP contribution in [0.2, 0.25) is 5.02 Å². The summed E-state index contributed by atoms with van der Waals surface area (Å²) in [6, 6.07) is 5.16. The van der Waals surface area contributed by atoms with E-state index in [2.05, 4.69) is 0 Å². The SMILES string of the molecule is Cc1cccc2c1OP(=O)(OC[C@@]1(F)O[C@@H](n3cc(Cl)c(=O)[nH]c3=O)[C@H](O)[C@@H]1O)OC2. The number of aromatic amines is 1. The van der Waals surface area contributed by atoms with Crippen molar-refractivity contribution in [3.05, 3.63) is 61.4 Å². The number of nitrogens with one attached hydrogen (secondary N) is 1. The molecule has 0 radical (unpaired) electrons. The third-order valence-electron chi connectivity index (χ3n) is 4.87. The highest BCUT2D eigenvalue weighted by atomic mass is 35.5. The van der Waals surface area contributed by atoms with Gasteiger partial charge in [0, 0.05) is 11.8 Å². The summed E-state index contributed by atoms with van der Waals surface area (Å²) in [6.45, 7) is 0.433. The van der Waals surface area contributed by atoms with Crippen molar-refractivity contribution in [1.29, 1.82) is 0 Å². The Balaban J connectivity index is 1.53. The first-order valence-electron chi connectivity index (χ1n) is 8.94. The van der Waals surface area contributed by atoms with Gasteiger partial charge in [-0.1, -0.05) is 29.8 Å². The molecule has 1 unspecified atom stereocenters. The summed E-state index contributed by atoms with van der Waals surface area (Å²) in [5.74, 6) is -2.83. The fraction of sp³-hybridized carbons (Fsp3) is 0.412. The van der Waals surface area contributed by atoms with Gasteiger partial charge in [-0.3, -0.25) is 23.4 Å². The molecule has 1 aromatic heterocycles. The van der Waals surface area contributed by atoms with Crippen LogP contribution in [-0.2, 0) is 25.0 Å². The summed E-state index contributed by atoms with van der Waals surface area (Å²) in [4.78, 5) is 25.2. The average molecular weight is 479 g/mol. The number of para-hydroxylation sites is 1. The number of halogens is 2. The van der Waals surface area contributed by atoms with E-state index in [1.54, 1.807) is 25.1 Å². The zero-order valence-corrected chi connectivity index (χ0v) is 17.5. The van der Waals surface area contributed by atoms with Crippen molar-refractivity contribution in [2.75, 3.05) is 6.61 Å². The molecule has 4 rings (SSSR count). The van der Waals surface area contributed by atoms with Gasteiger partial charge >= 0.3 is 13.5 Å². The molecule has 0 amide bonds. The molecule has 1 saturated heterocycles. The minimum absolute atomic E-state index is 0.118. The van der Waals surface area contributed by atoms with E-state index in [1.807, 2.05) is 4.98 Å². The van der Waals surface area contributed by atoms with Crippen LogP contribution in [0, 0.1) is 6.92 Å². The van der Waals surface area contributed by atoms with E-state index in [-0.39, 0.29) is 12.4 Å². The largest absolute Gasteiger partial charge is 0.530 e. The number of alkyl halides is 1. The molecule has 11 nitrogen and oxygen atoms in total. The highest BCUT2D eigenvalue weighted by Crippen LogP contribution is 2.56. The Morgan fingerprint density at radius 2 is 2.16 bits per heavy atom. The standard InChI is InChI=1S/C17H17ClFN2O9P/c1-8-3-2-4-9-6-27-31(26,30-12(8)9)28-7-17(19)13(23)11(22)15(29-17)21-5-10(18)14(24)20-16(21)25/h2-5,11,13,15,22-23H,6-7H2,1H3,(H,20,24,25)/t11-,13+,15-,17-,31?/m1/s1. The molecule has 5 atom stereocenters. The number of nitrogens with zero attached hydrogens (tertiary/aromatic N) is 1. The lowest BCUT2D eigenvalue weighted by Crippen LogP contribution is -2.43. The van der Waals surface area contributed by atoms with Crippen LogP contribution >= 0.6 is 19.4 Å². The Labute approximate surface area is 178 Å². The number of phosphoric acid groups is 1. The molecule has 3 heterocycles. The number of phosphoric ester groups is 1. The second-order valence-electron chi connectivity index (χ2n) is 7.02. The molecule has 0 saturated carbocycles. The van der Waals surface area contributed by atoms with E-state index in [1.165, 1.54) is 0 Å². The van der Waals surface area contributed by atoms with E-state index in [4.69, 9.17) is 29.9 Å². The molecule has 2 aliphatic rings. The fourth-order valence-corrected chi connectivity index (χ4v) is 4.67. The van der Waals surface area contributed by atoms with Crippen molar-refractivity contribution in [3.63, 3.8) is 0 Å². The molecule has 1 aromatic carbocycles. The second-order valence-corrected chi connectivity index (χ2v) is 9.02. The first-order valence-corrected chi connectivity index (χ1v) is 10.8. The topological polar surface area (TPSA) is 149 Å². The number of aliphatic hydroxyl groups is 2. The van der Waals surface area contributed by atoms with E-state index in [0.717, 1.165) is 6.20 Å². The van der Waals surface area contributed by atoms with Crippen LogP contribution < -0.4 is 15.8 Å². The first-order chi connectivity index (χ1) is 14.5. The molecule has 31 heavy (non-hydrogen) atoms. The van der Waals surface area contributed by atoms with Gasteiger partial charge in [0.05, 0.1) is 6.61 Å². The molecule has 3 N–H and O–H groups in total. The number of benzene rings is 1. The second kappa shape index (κ2) is 7.82. The van der Waals surface area contributed by atoms with Gasteiger partial charge in [-0.25, -0.2) is 13.8 Å². The minimum Gasteiger partial charge on any atom is -0.403 e. The fourth-order valence-electron chi connectivity index (χ4n) is 3.22. The Kier molecular flexibility index (Phi) is 5.59. The van der Waals surface area contributed by atoms with E-state index < -0.39 is 55.0 Å². The van der Waals surface area contributed by atoms with Crippen LogP contribution in [0.25, 0.3) is 0 Å². The number of aryl methyl sites for hydroxylation is 1. The summed E-state index contributed by atoms with van der Waals surface area (Å²) >= 11 is 5.66. The van der Waals surface area contributed by atoms with Gasteiger partial charge in [-0.2, -0.15) is 0 Å². The van der Waals surface area contributed by atoms with Crippen molar-refractivity contribution in [2.24, 2.45) is 0 Å². The number of fused-ring (bicyclic) bond motifs is 1. The number of rotatable bonds is 4. The third-order valence-corrected chi connectivity index (χ3v) is 6.43. The molecule has 14 heteroatoms. The molecule has 2 aliphatic heterocycles. The molecular formula is C17H17ClFN2O9P. The number of ether oxygens (including phenoxy) is 1. The molecule has 0 spiro atoms. The van der Waals surface area contributed by atoms with Crippen LogP contribution in [0.3, 0.4) is 0 Å². The highest BCUT2D eigenvalue weighted by molar-refractivity contribution is 7.49. The van der Waals surface area contributed by atoms with Crippen LogP contribution in [-0.4, -0.2) is 44.4 Å². The Morgan fingerprint density at radius 1 is 1.42 bits per heavy atom. The van der Waals surface area contributed by atoms with E-state index >= 15 is 4.39 Å². The van der Waals surface area contributed by atoms with E-state index in [9.17, 15) is 24.4 Å². The van der Waals surface area contributed by atoms with Gasteiger partial charge in [-0.05, 0) is 12.5 Å². The first kappa shape index (κ1) is 22.2. The van der Waals surface area contributed by atoms with Gasteiger partial charge in [0.25, 0.3) is 11.4 Å². The van der Waals surface area contributed by atoms with Crippen LogP contribution in [0.4, 0.5) is 4.39 Å². The van der Waals surface area contributed by atoms with Crippen molar-refractivity contribution >= 4 is 19.4 Å². The van der Waals surface area contributed by atoms with Gasteiger partial charge in [-0.15, -0.1) is 0 Å². The summed E-state index contributed by atoms with van der Waals surface area (Å²) in [6.07, 6.45) is -5.10. The number of H-pyrrole nitrogens is 1. The zero-order valence-electron chi connectivity index (χ0n) is 15.9. The summed E-state index contributed by atoms with van der Waals surface area (Å²) in [7, 11) is -4.28. The van der Waals surface area contributed by atoms with Gasteiger partial charge in [0.2, 0.25) is 0 Å². The Bertz CT molecular complexity index is 1190. The molecule has 2 aromatic rings. The average Bonchev–Trinajstić information content (AvgIpc) is 2.95. The van der Waals surface area contributed by atoms with E-state index in [0.29, 0.717) is 15.7 Å². The molecule has 1 fully saturated rings. The number of aliphatic hydroxyl groups excluding tert-OH is 2. The third kappa shape index (κ3) is 3.96. The quantitative estimate of drug-likeness (QED) is 0.550. The lowest BCUT2D eigenvalue weighted by atomic mass is 10.1. The Hall–Kier alpha value is -2.05. The molecule has 168 valence electrons. The van der Waals surface area contributed by atoms with Gasteiger partial charge in [0.1, 0.15) is 29.6 Å². The highest BCUT2D eigenvalue weighted by Gasteiger charge is 2.57. The predicted molar refractivity (Wildman–Crippen MR) is 102 cm³/mol. The molecule has 0 aliphatic carbocycles. The number of aromatic nitrogens is 2. The maximum Gasteiger partial charge on any atom is 0.530 e. The summed E-state index contributed by atoms with van der Waals surface area (Å²) in [5.41, 5.74) is -0.686. The number of hydrogen-bond donors (Lipinski definition) is 3. The lowest BCUT2D eigenvalue weighted by Gasteiger charge is -2.29. The Morgan fingerprint density at radius 3 is 2.90 bits per heavy atom. The number of hydrogen-bond acceptors (Lipinski definition) is 9. The summed E-state index contributed by atoms with van der Waals surface area (Å²) in [5, 5.41) is 19.9. The summed E-state index contributed by atoms with van der Waals surface area (Å²) < 4.78 is 49.1. The monoisotopic (exact) mass is 478 g/mol. The van der Waals surface area contributed by atoms with Crippen molar-refractivity contribution in [1.82, 2.24) is 9.55 Å². The maximum atomic E-state index is 15.3. The maximum absolute atomic E-state index is 15.3. The van der Waals surface area contributed by atoms with Crippen molar-refractivity contribution in [3.8, 4) is 5.75 Å². The lowest BCUT2D eigenvalue weighted by molar-refractivity contribution is -0.205. The smallest absolute Gasteiger partial charge is 0.403 e. The normalized spacial score (nSPS) is 32.5. The minimum atomic E-state index is -4.28. The van der Waals surface area contributed by atoms with Crippen LogP contribution in [0.15, 0.2) is 34.0 Å². The van der Waals surface area contributed by atoms with Crippen LogP contribution in [0.5, 0.6) is 5.75 Å². The van der Waals surface area contributed by atoms with Crippen molar-refractivity contribution < 1.29 is 37.5 Å². The van der Waals surface area contributed by atoms with Gasteiger partial charge < -0.3 is 19.5 Å². The van der Waals surface area contributed by atoms with Crippen LogP contribution in [0.1, 0.15) is 17.4 Å². The molecule has 0 bridgehead atoms.